The van der Waals surface area contributed by atoms with Gasteiger partial charge in [-0.2, -0.15) is 5.10 Å². The molecule has 0 bridgehead atoms. The van der Waals surface area contributed by atoms with Gasteiger partial charge < -0.3 is 10.5 Å². The molecule has 4 nitrogen and oxygen atoms in total. The minimum Gasteiger partial charge on any atom is -0.496 e. The molecule has 2 aromatic rings. The summed E-state index contributed by atoms with van der Waals surface area (Å²) < 4.78 is 7.13. The van der Waals surface area contributed by atoms with E-state index in [1.807, 2.05) is 26.2 Å². The number of aryl methyl sites for hydroxylation is 3. The van der Waals surface area contributed by atoms with Crippen molar-refractivity contribution in [3.8, 4) is 17.0 Å². The summed E-state index contributed by atoms with van der Waals surface area (Å²) >= 11 is 0. The Morgan fingerprint density at radius 1 is 1.28 bits per heavy atom. The van der Waals surface area contributed by atoms with Gasteiger partial charge in [-0.25, -0.2) is 0 Å². The van der Waals surface area contributed by atoms with Gasteiger partial charge in [-0.3, -0.25) is 4.68 Å². The van der Waals surface area contributed by atoms with Gasteiger partial charge in [-0.05, 0) is 37.1 Å². The van der Waals surface area contributed by atoms with Crippen LogP contribution in [-0.4, -0.2) is 16.9 Å². The first-order valence-corrected chi connectivity index (χ1v) is 5.95. The predicted molar refractivity (Wildman–Crippen MR) is 72.6 cm³/mol. The maximum Gasteiger partial charge on any atom is 0.122 e. The molecular formula is C14H19N3O. The van der Waals surface area contributed by atoms with Crippen molar-refractivity contribution in [1.82, 2.24) is 9.78 Å². The largest absolute Gasteiger partial charge is 0.496 e. The Kier molecular flexibility index (Phi) is 3.39. The monoisotopic (exact) mass is 245 g/mol. The lowest BCUT2D eigenvalue weighted by atomic mass is 9.99. The van der Waals surface area contributed by atoms with Crippen LogP contribution in [0, 0.1) is 13.8 Å². The topological polar surface area (TPSA) is 53.1 Å². The Hall–Kier alpha value is -1.81. The van der Waals surface area contributed by atoms with Gasteiger partial charge in [0.05, 0.1) is 12.8 Å². The molecule has 0 atom stereocenters. The quantitative estimate of drug-likeness (QED) is 0.901. The molecule has 2 rings (SSSR count). The lowest BCUT2D eigenvalue weighted by Gasteiger charge is -2.10. The molecule has 2 N–H and O–H groups in total. The molecule has 1 heterocycles. The van der Waals surface area contributed by atoms with Crippen molar-refractivity contribution < 1.29 is 4.74 Å². The SMILES string of the molecule is COc1cc(C)c(-c2nn(C)cc2CN)cc1C. The normalized spacial score (nSPS) is 10.7. The third-order valence-electron chi connectivity index (χ3n) is 3.12. The number of rotatable bonds is 3. The second-order valence-electron chi connectivity index (χ2n) is 4.52. The Labute approximate surface area is 107 Å². The molecule has 0 aliphatic rings. The number of ether oxygens (including phenoxy) is 1. The van der Waals surface area contributed by atoms with E-state index in [0.717, 1.165) is 33.7 Å². The number of nitrogens with zero attached hydrogens (tertiary/aromatic N) is 2. The number of nitrogens with two attached hydrogens (primary N) is 1. The molecule has 0 saturated carbocycles. The number of hydrogen-bond acceptors (Lipinski definition) is 3. The zero-order valence-electron chi connectivity index (χ0n) is 11.3. The van der Waals surface area contributed by atoms with E-state index in [2.05, 4.69) is 18.1 Å². The molecule has 18 heavy (non-hydrogen) atoms. The lowest BCUT2D eigenvalue weighted by molar-refractivity contribution is 0.411. The summed E-state index contributed by atoms with van der Waals surface area (Å²) in [6, 6.07) is 4.15. The highest BCUT2D eigenvalue weighted by atomic mass is 16.5. The van der Waals surface area contributed by atoms with Crippen LogP contribution in [0.2, 0.25) is 0 Å². The van der Waals surface area contributed by atoms with Crippen molar-refractivity contribution in [2.45, 2.75) is 20.4 Å². The van der Waals surface area contributed by atoms with Gasteiger partial charge in [0, 0.05) is 30.9 Å². The van der Waals surface area contributed by atoms with Gasteiger partial charge in [0.15, 0.2) is 0 Å². The van der Waals surface area contributed by atoms with Gasteiger partial charge in [0.25, 0.3) is 0 Å². The maximum absolute atomic E-state index is 5.77. The van der Waals surface area contributed by atoms with Gasteiger partial charge in [-0.15, -0.1) is 0 Å². The second kappa shape index (κ2) is 4.82. The summed E-state index contributed by atoms with van der Waals surface area (Å²) in [6.45, 7) is 4.59. The molecule has 0 saturated heterocycles. The lowest BCUT2D eigenvalue weighted by Crippen LogP contribution is -1.98. The summed E-state index contributed by atoms with van der Waals surface area (Å²) in [4.78, 5) is 0. The molecule has 1 aromatic heterocycles. The van der Waals surface area contributed by atoms with Crippen LogP contribution < -0.4 is 10.5 Å². The number of aromatic nitrogens is 2. The van der Waals surface area contributed by atoms with Crippen LogP contribution in [0.3, 0.4) is 0 Å². The van der Waals surface area contributed by atoms with Crippen LogP contribution in [0.25, 0.3) is 11.3 Å². The van der Waals surface area contributed by atoms with Crippen LogP contribution in [0.5, 0.6) is 5.75 Å². The fourth-order valence-corrected chi connectivity index (χ4v) is 2.18. The standard InChI is InChI=1S/C14H19N3O/c1-9-6-13(18-4)10(2)5-12(9)14-11(7-15)8-17(3)16-14/h5-6,8H,7,15H2,1-4H3. The smallest absolute Gasteiger partial charge is 0.122 e. The van der Waals surface area contributed by atoms with Crippen molar-refractivity contribution in [1.29, 1.82) is 0 Å². The van der Waals surface area contributed by atoms with E-state index in [4.69, 9.17) is 10.5 Å². The van der Waals surface area contributed by atoms with E-state index in [0.29, 0.717) is 6.54 Å². The first-order valence-electron chi connectivity index (χ1n) is 5.95. The van der Waals surface area contributed by atoms with Gasteiger partial charge in [0.2, 0.25) is 0 Å². The van der Waals surface area contributed by atoms with E-state index in [-0.39, 0.29) is 0 Å². The molecule has 0 amide bonds. The Morgan fingerprint density at radius 2 is 2.00 bits per heavy atom. The third-order valence-corrected chi connectivity index (χ3v) is 3.12. The average Bonchev–Trinajstić information content (AvgIpc) is 2.72. The molecule has 4 heteroatoms. The Balaban J connectivity index is 2.60. The van der Waals surface area contributed by atoms with Crippen LogP contribution in [-0.2, 0) is 13.6 Å². The third kappa shape index (κ3) is 2.11. The maximum atomic E-state index is 5.77. The predicted octanol–water partition coefficient (Wildman–Crippen LogP) is 2.17. The zero-order valence-corrected chi connectivity index (χ0v) is 11.3. The van der Waals surface area contributed by atoms with E-state index in [9.17, 15) is 0 Å². The molecule has 0 unspecified atom stereocenters. The van der Waals surface area contributed by atoms with E-state index in [1.165, 1.54) is 0 Å². The van der Waals surface area contributed by atoms with E-state index < -0.39 is 0 Å². The fourth-order valence-electron chi connectivity index (χ4n) is 2.18. The van der Waals surface area contributed by atoms with E-state index in [1.54, 1.807) is 11.8 Å². The fraction of sp³-hybridized carbons (Fsp3) is 0.357. The summed E-state index contributed by atoms with van der Waals surface area (Å²) in [6.07, 6.45) is 1.97. The van der Waals surface area contributed by atoms with Crippen molar-refractivity contribution in [2.75, 3.05) is 7.11 Å². The number of methoxy groups -OCH3 is 1. The highest BCUT2D eigenvalue weighted by molar-refractivity contribution is 5.69. The zero-order chi connectivity index (χ0) is 13.3. The summed E-state index contributed by atoms with van der Waals surface area (Å²) in [5.74, 6) is 0.904. The first-order chi connectivity index (χ1) is 8.56. The molecule has 1 aromatic carbocycles. The summed E-state index contributed by atoms with van der Waals surface area (Å²) in [5, 5.41) is 4.51. The van der Waals surface area contributed by atoms with Crippen LogP contribution in [0.15, 0.2) is 18.3 Å². The minimum atomic E-state index is 0.494. The molecular weight excluding hydrogens is 226 g/mol. The number of benzene rings is 1. The Bertz CT molecular complexity index is 573. The highest BCUT2D eigenvalue weighted by Gasteiger charge is 2.13. The van der Waals surface area contributed by atoms with Gasteiger partial charge in [0.1, 0.15) is 5.75 Å². The molecule has 0 aliphatic carbocycles. The summed E-state index contributed by atoms with van der Waals surface area (Å²) in [7, 11) is 3.60. The average molecular weight is 245 g/mol. The van der Waals surface area contributed by atoms with Crippen LogP contribution >= 0.6 is 0 Å². The molecule has 0 radical (unpaired) electrons. The van der Waals surface area contributed by atoms with Crippen molar-refractivity contribution in [2.24, 2.45) is 12.8 Å². The van der Waals surface area contributed by atoms with Crippen molar-refractivity contribution in [3.63, 3.8) is 0 Å². The van der Waals surface area contributed by atoms with Crippen LogP contribution in [0.4, 0.5) is 0 Å². The minimum absolute atomic E-state index is 0.494. The number of hydrogen-bond donors (Lipinski definition) is 1. The highest BCUT2D eigenvalue weighted by Crippen LogP contribution is 2.30. The second-order valence-corrected chi connectivity index (χ2v) is 4.52. The molecule has 0 fully saturated rings. The first kappa shape index (κ1) is 12.6. The molecule has 0 aliphatic heterocycles. The van der Waals surface area contributed by atoms with Crippen molar-refractivity contribution >= 4 is 0 Å². The molecule has 0 spiro atoms. The van der Waals surface area contributed by atoms with Gasteiger partial charge >= 0.3 is 0 Å². The van der Waals surface area contributed by atoms with Crippen LogP contribution in [0.1, 0.15) is 16.7 Å². The van der Waals surface area contributed by atoms with E-state index >= 15 is 0 Å². The van der Waals surface area contributed by atoms with Crippen molar-refractivity contribution in [3.05, 3.63) is 35.0 Å². The Morgan fingerprint density at radius 3 is 2.61 bits per heavy atom. The molecule has 96 valence electrons. The summed E-state index contributed by atoms with van der Waals surface area (Å²) in [5.41, 5.74) is 11.2. The van der Waals surface area contributed by atoms with Gasteiger partial charge in [-0.1, -0.05) is 0 Å².